The standard InChI is InChI=1S/C21H25O4P/c1-4-23-26(22,24-5-2)19-16-21(3,18-14-10-7-11-15-18)25-20(19)17-12-8-6-9-13-17/h6-15H,4-5,16H2,1-3H3. The Bertz CT molecular complexity index is 806. The van der Waals surface area contributed by atoms with Crippen LogP contribution in [0.5, 0.6) is 0 Å². The third kappa shape index (κ3) is 3.64. The largest absolute Gasteiger partial charge is 0.481 e. The molecular weight excluding hydrogens is 347 g/mol. The summed E-state index contributed by atoms with van der Waals surface area (Å²) in [6.07, 6.45) is 0.457. The molecule has 2 aromatic carbocycles. The smallest absolute Gasteiger partial charge is 0.361 e. The Balaban J connectivity index is 2.10. The molecule has 1 unspecified atom stereocenters. The van der Waals surface area contributed by atoms with Gasteiger partial charge in [-0.3, -0.25) is 4.57 Å². The van der Waals surface area contributed by atoms with Gasteiger partial charge in [-0.15, -0.1) is 0 Å². The lowest BCUT2D eigenvalue weighted by molar-refractivity contribution is 0.0773. The van der Waals surface area contributed by atoms with Crippen molar-refractivity contribution in [1.29, 1.82) is 0 Å². The Morgan fingerprint density at radius 2 is 1.50 bits per heavy atom. The molecule has 0 aliphatic carbocycles. The van der Waals surface area contributed by atoms with E-state index in [-0.39, 0.29) is 0 Å². The fraction of sp³-hybridized carbons (Fsp3) is 0.333. The number of hydrogen-bond donors (Lipinski definition) is 0. The lowest BCUT2D eigenvalue weighted by atomic mass is 9.93. The van der Waals surface area contributed by atoms with E-state index in [1.54, 1.807) is 0 Å². The molecule has 0 fully saturated rings. The summed E-state index contributed by atoms with van der Waals surface area (Å²) in [4.78, 5) is 0. The second-order valence-electron chi connectivity index (χ2n) is 6.35. The molecule has 3 rings (SSSR count). The number of hydrogen-bond acceptors (Lipinski definition) is 4. The van der Waals surface area contributed by atoms with Gasteiger partial charge in [0.05, 0.1) is 18.5 Å². The molecule has 4 nitrogen and oxygen atoms in total. The molecule has 0 saturated heterocycles. The van der Waals surface area contributed by atoms with Crippen LogP contribution < -0.4 is 0 Å². The topological polar surface area (TPSA) is 44.8 Å². The molecule has 138 valence electrons. The first kappa shape index (κ1) is 18.9. The highest BCUT2D eigenvalue weighted by atomic mass is 31.2. The number of rotatable bonds is 7. The number of ether oxygens (including phenoxy) is 1. The van der Waals surface area contributed by atoms with Crippen LogP contribution in [0.3, 0.4) is 0 Å². The van der Waals surface area contributed by atoms with Crippen molar-refractivity contribution >= 4 is 13.4 Å². The van der Waals surface area contributed by atoms with Crippen molar-refractivity contribution in [3.8, 4) is 0 Å². The fourth-order valence-corrected chi connectivity index (χ4v) is 5.23. The van der Waals surface area contributed by atoms with Gasteiger partial charge in [-0.2, -0.15) is 0 Å². The fourth-order valence-electron chi connectivity index (χ4n) is 3.24. The second kappa shape index (κ2) is 7.79. The average molecular weight is 372 g/mol. The van der Waals surface area contributed by atoms with Crippen LogP contribution in [0, 0.1) is 0 Å². The summed E-state index contributed by atoms with van der Waals surface area (Å²) in [5.74, 6) is 0.599. The summed E-state index contributed by atoms with van der Waals surface area (Å²) in [7, 11) is -3.43. The van der Waals surface area contributed by atoms with E-state index in [1.165, 1.54) is 0 Å². The Labute approximate surface area is 155 Å². The van der Waals surface area contributed by atoms with Gasteiger partial charge in [0, 0.05) is 12.0 Å². The van der Waals surface area contributed by atoms with Crippen molar-refractivity contribution in [3.63, 3.8) is 0 Å². The monoisotopic (exact) mass is 372 g/mol. The van der Waals surface area contributed by atoms with Crippen LogP contribution in [-0.2, 0) is 24.0 Å². The number of benzene rings is 2. The van der Waals surface area contributed by atoms with Gasteiger partial charge in [-0.25, -0.2) is 0 Å². The quantitative estimate of drug-likeness (QED) is 0.563. The van der Waals surface area contributed by atoms with Crippen LogP contribution in [-0.4, -0.2) is 13.2 Å². The minimum Gasteiger partial charge on any atom is -0.481 e. The van der Waals surface area contributed by atoms with E-state index in [4.69, 9.17) is 13.8 Å². The normalized spacial score (nSPS) is 20.3. The Morgan fingerprint density at radius 1 is 0.962 bits per heavy atom. The first-order valence-corrected chi connectivity index (χ1v) is 10.5. The molecule has 1 heterocycles. The van der Waals surface area contributed by atoms with Gasteiger partial charge < -0.3 is 13.8 Å². The van der Waals surface area contributed by atoms with Crippen LogP contribution >= 0.6 is 7.60 Å². The van der Waals surface area contributed by atoms with Crippen LogP contribution in [0.2, 0.25) is 0 Å². The van der Waals surface area contributed by atoms with Crippen molar-refractivity contribution in [2.24, 2.45) is 0 Å². The third-order valence-corrected chi connectivity index (χ3v) is 6.66. The Hall–Kier alpha value is -1.87. The lowest BCUT2D eigenvalue weighted by Gasteiger charge is -2.26. The maximum absolute atomic E-state index is 13.5. The van der Waals surface area contributed by atoms with Gasteiger partial charge in [0.15, 0.2) is 0 Å². The summed E-state index contributed by atoms with van der Waals surface area (Å²) in [6, 6.07) is 19.7. The minimum atomic E-state index is -3.43. The average Bonchev–Trinajstić information content (AvgIpc) is 3.04. The molecule has 0 spiro atoms. The molecule has 0 bridgehead atoms. The van der Waals surface area contributed by atoms with Crippen molar-refractivity contribution in [2.45, 2.75) is 32.8 Å². The van der Waals surface area contributed by atoms with Crippen LogP contribution in [0.25, 0.3) is 5.76 Å². The molecule has 2 aromatic rings. The van der Waals surface area contributed by atoms with Gasteiger partial charge in [0.25, 0.3) is 0 Å². The summed E-state index contributed by atoms with van der Waals surface area (Å²) < 4.78 is 31.2. The molecule has 1 aliphatic rings. The first-order valence-electron chi connectivity index (χ1n) is 8.95. The predicted octanol–water partition coefficient (Wildman–Crippen LogP) is 5.96. The summed E-state index contributed by atoms with van der Waals surface area (Å²) in [6.45, 7) is 6.28. The highest BCUT2D eigenvalue weighted by molar-refractivity contribution is 7.58. The SMILES string of the molecule is CCOP(=O)(OCC)C1=C(c2ccccc2)OC(C)(c2ccccc2)C1. The van der Waals surface area contributed by atoms with Gasteiger partial charge in [-0.1, -0.05) is 60.7 Å². The van der Waals surface area contributed by atoms with Crippen LogP contribution in [0.4, 0.5) is 0 Å². The zero-order valence-electron chi connectivity index (χ0n) is 15.5. The molecule has 0 N–H and O–H groups in total. The van der Waals surface area contributed by atoms with Crippen molar-refractivity contribution in [1.82, 2.24) is 0 Å². The Morgan fingerprint density at radius 3 is 2.04 bits per heavy atom. The van der Waals surface area contributed by atoms with Crippen molar-refractivity contribution in [2.75, 3.05) is 13.2 Å². The second-order valence-corrected chi connectivity index (χ2v) is 8.40. The lowest BCUT2D eigenvalue weighted by Crippen LogP contribution is -2.21. The van der Waals surface area contributed by atoms with E-state index in [0.29, 0.717) is 30.7 Å². The zero-order chi connectivity index (χ0) is 18.6. The van der Waals surface area contributed by atoms with E-state index < -0.39 is 13.2 Å². The molecular formula is C21H25O4P. The maximum atomic E-state index is 13.5. The van der Waals surface area contributed by atoms with Crippen LogP contribution in [0.15, 0.2) is 66.0 Å². The molecule has 0 aromatic heterocycles. The van der Waals surface area contributed by atoms with E-state index in [2.05, 4.69) is 0 Å². The summed E-state index contributed by atoms with van der Waals surface area (Å²) in [5.41, 5.74) is 1.29. The predicted molar refractivity (Wildman–Crippen MR) is 104 cm³/mol. The molecule has 26 heavy (non-hydrogen) atoms. The molecule has 0 saturated carbocycles. The minimum absolute atomic E-state index is 0.310. The zero-order valence-corrected chi connectivity index (χ0v) is 16.4. The van der Waals surface area contributed by atoms with Gasteiger partial charge >= 0.3 is 7.60 Å². The molecule has 0 amide bonds. The Kier molecular flexibility index (Phi) is 5.67. The summed E-state index contributed by atoms with van der Waals surface area (Å²) in [5, 5.41) is 0.610. The molecule has 1 aliphatic heterocycles. The van der Waals surface area contributed by atoms with Gasteiger partial charge in [-0.05, 0) is 26.3 Å². The summed E-state index contributed by atoms with van der Waals surface area (Å²) >= 11 is 0. The van der Waals surface area contributed by atoms with Gasteiger partial charge in [0.2, 0.25) is 0 Å². The highest BCUT2D eigenvalue weighted by Gasteiger charge is 2.47. The van der Waals surface area contributed by atoms with E-state index in [1.807, 2.05) is 81.4 Å². The van der Waals surface area contributed by atoms with Crippen LogP contribution in [0.1, 0.15) is 38.3 Å². The van der Waals surface area contributed by atoms with E-state index >= 15 is 0 Å². The van der Waals surface area contributed by atoms with Crippen molar-refractivity contribution in [3.05, 3.63) is 77.1 Å². The highest BCUT2D eigenvalue weighted by Crippen LogP contribution is 2.65. The molecule has 1 atom stereocenters. The maximum Gasteiger partial charge on any atom is 0.361 e. The van der Waals surface area contributed by atoms with E-state index in [0.717, 1.165) is 11.1 Å². The third-order valence-electron chi connectivity index (χ3n) is 4.44. The van der Waals surface area contributed by atoms with E-state index in [9.17, 15) is 4.57 Å². The first-order chi connectivity index (χ1) is 12.5. The molecule has 0 radical (unpaired) electrons. The van der Waals surface area contributed by atoms with Crippen molar-refractivity contribution < 1.29 is 18.3 Å². The van der Waals surface area contributed by atoms with Gasteiger partial charge in [0.1, 0.15) is 11.4 Å². The molecule has 5 heteroatoms.